The van der Waals surface area contributed by atoms with Crippen molar-refractivity contribution in [2.45, 2.75) is 6.54 Å². The van der Waals surface area contributed by atoms with Crippen LogP contribution in [0.1, 0.15) is 5.69 Å². The second-order valence-electron chi connectivity index (χ2n) is 5.88. The van der Waals surface area contributed by atoms with Crippen LogP contribution in [0, 0.1) is 11.8 Å². The lowest BCUT2D eigenvalue weighted by Crippen LogP contribution is -2.25. The van der Waals surface area contributed by atoms with Crippen molar-refractivity contribution in [2.24, 2.45) is 11.8 Å². The third-order valence-corrected chi connectivity index (χ3v) is 5.36. The molecule has 0 unspecified atom stereocenters. The Bertz CT molecular complexity index is 574. The molecule has 2 aromatic rings. The summed E-state index contributed by atoms with van der Waals surface area (Å²) in [6, 6.07) is 10.5. The topological polar surface area (TPSA) is 28.2 Å². The van der Waals surface area contributed by atoms with Gasteiger partial charge in [-0.2, -0.15) is 0 Å². The highest BCUT2D eigenvalue weighted by atomic mass is 35.5. The van der Waals surface area contributed by atoms with Crippen LogP contribution in [0.3, 0.4) is 0 Å². The molecule has 21 heavy (non-hydrogen) atoms. The van der Waals surface area contributed by atoms with Crippen molar-refractivity contribution in [3.8, 4) is 10.6 Å². The first kappa shape index (κ1) is 15.0. The Kier molecular flexibility index (Phi) is 4.60. The third-order valence-electron chi connectivity index (χ3n) is 4.42. The van der Waals surface area contributed by atoms with E-state index >= 15 is 0 Å². The zero-order chi connectivity index (χ0) is 13.4. The van der Waals surface area contributed by atoms with Gasteiger partial charge in [-0.3, -0.25) is 4.90 Å². The number of aromatic nitrogens is 1. The summed E-state index contributed by atoms with van der Waals surface area (Å²) < 4.78 is 0. The van der Waals surface area contributed by atoms with Gasteiger partial charge in [-0.15, -0.1) is 23.7 Å². The fourth-order valence-electron chi connectivity index (χ4n) is 3.40. The number of nitrogens with zero attached hydrogens (tertiary/aromatic N) is 2. The van der Waals surface area contributed by atoms with E-state index in [0.717, 1.165) is 23.4 Å². The molecule has 1 aromatic heterocycles. The highest BCUT2D eigenvalue weighted by Crippen LogP contribution is 2.29. The first-order valence-electron chi connectivity index (χ1n) is 7.31. The van der Waals surface area contributed by atoms with Crippen molar-refractivity contribution in [3.05, 3.63) is 41.4 Å². The molecule has 2 aliphatic rings. The van der Waals surface area contributed by atoms with Crippen LogP contribution in [-0.2, 0) is 6.54 Å². The average molecular weight is 322 g/mol. The van der Waals surface area contributed by atoms with Crippen LogP contribution in [0.25, 0.3) is 10.6 Å². The minimum atomic E-state index is 0. The van der Waals surface area contributed by atoms with Crippen LogP contribution < -0.4 is 5.32 Å². The van der Waals surface area contributed by atoms with E-state index in [0.29, 0.717) is 0 Å². The maximum atomic E-state index is 4.80. The Balaban J connectivity index is 0.00000132. The molecule has 112 valence electrons. The molecule has 2 atom stereocenters. The fraction of sp³-hybridized carbons (Fsp3) is 0.438. The van der Waals surface area contributed by atoms with Gasteiger partial charge in [0.2, 0.25) is 0 Å². The molecule has 0 spiro atoms. The largest absolute Gasteiger partial charge is 0.316 e. The summed E-state index contributed by atoms with van der Waals surface area (Å²) in [5.41, 5.74) is 2.45. The van der Waals surface area contributed by atoms with E-state index in [2.05, 4.69) is 45.9 Å². The molecule has 4 rings (SSSR count). The summed E-state index contributed by atoms with van der Waals surface area (Å²) in [6.07, 6.45) is 0. The van der Waals surface area contributed by atoms with E-state index in [9.17, 15) is 0 Å². The molecule has 2 saturated heterocycles. The third kappa shape index (κ3) is 3.14. The second-order valence-corrected chi connectivity index (χ2v) is 6.74. The van der Waals surface area contributed by atoms with Gasteiger partial charge in [0.15, 0.2) is 0 Å². The Hall–Kier alpha value is -0.940. The van der Waals surface area contributed by atoms with Crippen LogP contribution in [0.4, 0.5) is 0 Å². The Labute approximate surface area is 135 Å². The van der Waals surface area contributed by atoms with Crippen LogP contribution in [-0.4, -0.2) is 36.1 Å². The Morgan fingerprint density at radius 3 is 2.57 bits per heavy atom. The highest BCUT2D eigenvalue weighted by Gasteiger charge is 2.35. The number of hydrogen-bond acceptors (Lipinski definition) is 4. The molecule has 0 bridgehead atoms. The molecule has 3 nitrogen and oxygen atoms in total. The molecule has 5 heteroatoms. The molecule has 0 amide bonds. The number of likely N-dealkylation sites (tertiary alicyclic amines) is 1. The van der Waals surface area contributed by atoms with Gasteiger partial charge in [-0.25, -0.2) is 4.98 Å². The van der Waals surface area contributed by atoms with Gasteiger partial charge in [-0.05, 0) is 24.9 Å². The standard InChI is InChI=1S/C16H19N3S.ClH/c1-2-4-12(5-3-1)16-18-15(11-20-16)10-19-8-13-6-17-7-14(13)9-19;/h1-5,11,13-14,17H,6-10H2;1H/t13-,14+;. The van der Waals surface area contributed by atoms with E-state index in [-0.39, 0.29) is 12.4 Å². The lowest BCUT2D eigenvalue weighted by atomic mass is 10.0. The van der Waals surface area contributed by atoms with Gasteiger partial charge in [0, 0.05) is 30.6 Å². The molecule has 0 saturated carbocycles. The molecular weight excluding hydrogens is 302 g/mol. The lowest BCUT2D eigenvalue weighted by Gasteiger charge is -2.15. The van der Waals surface area contributed by atoms with Gasteiger partial charge < -0.3 is 5.32 Å². The number of halogens is 1. The summed E-state index contributed by atoms with van der Waals surface area (Å²) >= 11 is 1.76. The van der Waals surface area contributed by atoms with E-state index in [4.69, 9.17) is 4.98 Å². The van der Waals surface area contributed by atoms with E-state index in [1.54, 1.807) is 11.3 Å². The summed E-state index contributed by atoms with van der Waals surface area (Å²) in [4.78, 5) is 7.37. The van der Waals surface area contributed by atoms with Crippen molar-refractivity contribution in [1.82, 2.24) is 15.2 Å². The number of fused-ring (bicyclic) bond motifs is 1. The van der Waals surface area contributed by atoms with Crippen molar-refractivity contribution < 1.29 is 0 Å². The zero-order valence-corrected chi connectivity index (χ0v) is 13.5. The van der Waals surface area contributed by atoms with Crippen molar-refractivity contribution in [1.29, 1.82) is 0 Å². The van der Waals surface area contributed by atoms with Gasteiger partial charge in [0.1, 0.15) is 5.01 Å². The number of benzene rings is 1. The van der Waals surface area contributed by atoms with Gasteiger partial charge in [-0.1, -0.05) is 30.3 Å². The first-order chi connectivity index (χ1) is 9.88. The van der Waals surface area contributed by atoms with Crippen molar-refractivity contribution >= 4 is 23.7 Å². The minimum absolute atomic E-state index is 0. The molecule has 0 radical (unpaired) electrons. The smallest absolute Gasteiger partial charge is 0.123 e. The van der Waals surface area contributed by atoms with Crippen LogP contribution in [0.15, 0.2) is 35.7 Å². The second kappa shape index (κ2) is 6.44. The van der Waals surface area contributed by atoms with Crippen molar-refractivity contribution in [3.63, 3.8) is 0 Å². The molecule has 1 aromatic carbocycles. The summed E-state index contributed by atoms with van der Waals surface area (Å²) in [5.74, 6) is 1.73. The highest BCUT2D eigenvalue weighted by molar-refractivity contribution is 7.13. The Morgan fingerprint density at radius 2 is 1.86 bits per heavy atom. The average Bonchev–Trinajstić information content (AvgIpc) is 3.16. The normalized spacial score (nSPS) is 24.8. The van der Waals surface area contributed by atoms with E-state index in [1.807, 2.05) is 0 Å². The van der Waals surface area contributed by atoms with E-state index < -0.39 is 0 Å². The van der Waals surface area contributed by atoms with Gasteiger partial charge in [0.25, 0.3) is 0 Å². The number of nitrogens with one attached hydrogen (secondary N) is 1. The maximum Gasteiger partial charge on any atom is 0.123 e. The maximum absolute atomic E-state index is 4.80. The molecule has 3 heterocycles. The van der Waals surface area contributed by atoms with Crippen molar-refractivity contribution in [2.75, 3.05) is 26.2 Å². The summed E-state index contributed by atoms with van der Waals surface area (Å²) in [7, 11) is 0. The number of rotatable bonds is 3. The quantitative estimate of drug-likeness (QED) is 0.942. The molecule has 1 N–H and O–H groups in total. The van der Waals surface area contributed by atoms with Gasteiger partial charge in [0.05, 0.1) is 5.69 Å². The van der Waals surface area contributed by atoms with E-state index in [1.165, 1.54) is 37.4 Å². The predicted octanol–water partition coefficient (Wildman–Crippen LogP) is 2.88. The zero-order valence-electron chi connectivity index (χ0n) is 11.9. The predicted molar refractivity (Wildman–Crippen MR) is 89.9 cm³/mol. The van der Waals surface area contributed by atoms with Crippen LogP contribution >= 0.6 is 23.7 Å². The lowest BCUT2D eigenvalue weighted by molar-refractivity contribution is 0.302. The van der Waals surface area contributed by atoms with Gasteiger partial charge >= 0.3 is 0 Å². The van der Waals surface area contributed by atoms with Crippen LogP contribution in [0.2, 0.25) is 0 Å². The number of thiazole rings is 1. The first-order valence-corrected chi connectivity index (χ1v) is 8.19. The summed E-state index contributed by atoms with van der Waals surface area (Å²) in [5, 5.41) is 6.85. The Morgan fingerprint density at radius 1 is 1.14 bits per heavy atom. The summed E-state index contributed by atoms with van der Waals surface area (Å²) in [6.45, 7) is 5.88. The molecule has 0 aliphatic carbocycles. The fourth-order valence-corrected chi connectivity index (χ4v) is 4.22. The molecule has 2 aliphatic heterocycles. The molecular formula is C16H20ClN3S. The number of hydrogen-bond donors (Lipinski definition) is 1. The molecule has 2 fully saturated rings. The van der Waals surface area contributed by atoms with Crippen LogP contribution in [0.5, 0.6) is 0 Å². The SMILES string of the molecule is Cl.c1ccc(-c2nc(CN3C[C@H]4CNC[C@H]4C3)cs2)cc1. The minimum Gasteiger partial charge on any atom is -0.316 e. The monoisotopic (exact) mass is 321 g/mol.